The zero-order valence-corrected chi connectivity index (χ0v) is 11.6. The number of methoxy groups -OCH3 is 1. The molecule has 1 heterocycles. The van der Waals surface area contributed by atoms with E-state index in [-0.39, 0.29) is 24.0 Å². The lowest BCUT2D eigenvalue weighted by atomic mass is 9.97. The van der Waals surface area contributed by atoms with Gasteiger partial charge in [0.25, 0.3) is 0 Å². The van der Waals surface area contributed by atoms with E-state index in [1.807, 2.05) is 0 Å². The Balaban J connectivity index is 1.90. The summed E-state index contributed by atoms with van der Waals surface area (Å²) in [4.78, 5) is 12.2. The van der Waals surface area contributed by atoms with Crippen molar-refractivity contribution in [1.29, 1.82) is 0 Å². The Kier molecular flexibility index (Phi) is 5.60. The van der Waals surface area contributed by atoms with Crippen LogP contribution in [-0.2, 0) is 14.3 Å². The minimum absolute atomic E-state index is 0.0326. The van der Waals surface area contributed by atoms with Crippen LogP contribution in [0.2, 0.25) is 0 Å². The highest BCUT2D eigenvalue weighted by Gasteiger charge is 2.32. The predicted molar refractivity (Wildman–Crippen MR) is 70.7 cm³/mol. The predicted octanol–water partition coefficient (Wildman–Crippen LogP) is 0.848. The molecule has 2 N–H and O–H groups in total. The topological polar surface area (TPSA) is 67.8 Å². The van der Waals surface area contributed by atoms with Gasteiger partial charge in [-0.3, -0.25) is 4.79 Å². The fourth-order valence-electron chi connectivity index (χ4n) is 2.99. The highest BCUT2D eigenvalue weighted by molar-refractivity contribution is 5.79. The van der Waals surface area contributed by atoms with Crippen LogP contribution in [0.3, 0.4) is 0 Å². The molecule has 0 spiro atoms. The number of amides is 1. The second-order valence-electron chi connectivity index (χ2n) is 5.55. The first-order valence-electron chi connectivity index (χ1n) is 7.31. The number of hydrogen-bond acceptors (Lipinski definition) is 4. The SMILES string of the molecule is CO[C@@H]1CCCC[C@@H](NC(=O)C2CCOCC2)[C@H]1O. The number of aliphatic hydroxyl groups excluding tert-OH is 1. The van der Waals surface area contributed by atoms with Gasteiger partial charge in [-0.05, 0) is 25.7 Å². The van der Waals surface area contributed by atoms with Gasteiger partial charge in [0.2, 0.25) is 5.91 Å². The van der Waals surface area contributed by atoms with E-state index in [0.717, 1.165) is 38.5 Å². The first-order valence-corrected chi connectivity index (χ1v) is 7.31. The molecule has 0 aromatic heterocycles. The Morgan fingerprint density at radius 2 is 1.89 bits per heavy atom. The minimum Gasteiger partial charge on any atom is -0.388 e. The van der Waals surface area contributed by atoms with Crippen LogP contribution in [0.25, 0.3) is 0 Å². The molecule has 0 bridgehead atoms. The first-order chi connectivity index (χ1) is 9.22. The summed E-state index contributed by atoms with van der Waals surface area (Å²) >= 11 is 0. The van der Waals surface area contributed by atoms with Crippen LogP contribution in [0, 0.1) is 5.92 Å². The average molecular weight is 271 g/mol. The van der Waals surface area contributed by atoms with Gasteiger partial charge in [0, 0.05) is 26.2 Å². The molecule has 0 aromatic carbocycles. The summed E-state index contributed by atoms with van der Waals surface area (Å²) in [7, 11) is 1.62. The Hall–Kier alpha value is -0.650. The lowest BCUT2D eigenvalue weighted by Crippen LogP contribution is -2.50. The van der Waals surface area contributed by atoms with Gasteiger partial charge in [-0.25, -0.2) is 0 Å². The van der Waals surface area contributed by atoms with E-state index < -0.39 is 6.10 Å². The highest BCUT2D eigenvalue weighted by atomic mass is 16.5. The van der Waals surface area contributed by atoms with E-state index in [9.17, 15) is 9.90 Å². The second kappa shape index (κ2) is 7.22. The van der Waals surface area contributed by atoms with E-state index in [2.05, 4.69) is 5.32 Å². The molecule has 0 radical (unpaired) electrons. The summed E-state index contributed by atoms with van der Waals surface area (Å²) in [5.41, 5.74) is 0. The number of carbonyl (C=O) groups excluding carboxylic acids is 1. The zero-order valence-electron chi connectivity index (χ0n) is 11.6. The molecule has 1 saturated carbocycles. The molecule has 3 atom stereocenters. The van der Waals surface area contributed by atoms with E-state index >= 15 is 0 Å². The summed E-state index contributed by atoms with van der Waals surface area (Å²) in [6.07, 6.45) is 4.55. The lowest BCUT2D eigenvalue weighted by molar-refractivity contribution is -0.130. The maximum absolute atomic E-state index is 12.2. The molecule has 19 heavy (non-hydrogen) atoms. The first kappa shape index (κ1) is 14.8. The number of nitrogens with one attached hydrogen (secondary N) is 1. The van der Waals surface area contributed by atoms with Gasteiger partial charge in [0.15, 0.2) is 0 Å². The van der Waals surface area contributed by atoms with Crippen LogP contribution in [-0.4, -0.2) is 49.6 Å². The molecule has 0 unspecified atom stereocenters. The number of rotatable bonds is 3. The Labute approximate surface area is 114 Å². The van der Waals surface area contributed by atoms with Gasteiger partial charge in [-0.2, -0.15) is 0 Å². The third kappa shape index (κ3) is 3.91. The van der Waals surface area contributed by atoms with Crippen molar-refractivity contribution in [3.8, 4) is 0 Å². The van der Waals surface area contributed by atoms with Crippen LogP contribution >= 0.6 is 0 Å². The van der Waals surface area contributed by atoms with Crippen molar-refractivity contribution >= 4 is 5.91 Å². The van der Waals surface area contributed by atoms with E-state index in [1.165, 1.54) is 0 Å². The Morgan fingerprint density at radius 1 is 1.21 bits per heavy atom. The van der Waals surface area contributed by atoms with Gasteiger partial charge in [0.1, 0.15) is 6.10 Å². The highest BCUT2D eigenvalue weighted by Crippen LogP contribution is 2.22. The van der Waals surface area contributed by atoms with E-state index in [4.69, 9.17) is 9.47 Å². The monoisotopic (exact) mass is 271 g/mol. The zero-order chi connectivity index (χ0) is 13.7. The van der Waals surface area contributed by atoms with Gasteiger partial charge in [-0.15, -0.1) is 0 Å². The molecule has 1 aliphatic carbocycles. The summed E-state index contributed by atoms with van der Waals surface area (Å²) in [6.45, 7) is 1.32. The third-order valence-corrected chi connectivity index (χ3v) is 4.27. The normalized spacial score (nSPS) is 33.7. The molecule has 2 aliphatic rings. The second-order valence-corrected chi connectivity index (χ2v) is 5.55. The number of hydrogen-bond donors (Lipinski definition) is 2. The molecule has 1 amide bonds. The summed E-state index contributed by atoms with van der Waals surface area (Å²) in [5, 5.41) is 13.3. The summed E-state index contributed by atoms with van der Waals surface area (Å²) in [5.74, 6) is 0.0919. The van der Waals surface area contributed by atoms with Crippen molar-refractivity contribution in [2.75, 3.05) is 20.3 Å². The third-order valence-electron chi connectivity index (χ3n) is 4.27. The molecule has 1 saturated heterocycles. The van der Waals surface area contributed by atoms with Gasteiger partial charge >= 0.3 is 0 Å². The fraction of sp³-hybridized carbons (Fsp3) is 0.929. The van der Waals surface area contributed by atoms with E-state index in [1.54, 1.807) is 7.11 Å². The largest absolute Gasteiger partial charge is 0.388 e. The Bertz CT molecular complexity index is 291. The molecular weight excluding hydrogens is 246 g/mol. The smallest absolute Gasteiger partial charge is 0.223 e. The molecule has 5 nitrogen and oxygen atoms in total. The fourth-order valence-corrected chi connectivity index (χ4v) is 2.99. The van der Waals surface area contributed by atoms with Gasteiger partial charge < -0.3 is 19.9 Å². The molecule has 2 rings (SSSR count). The van der Waals surface area contributed by atoms with Crippen molar-refractivity contribution in [2.45, 2.75) is 56.8 Å². The lowest BCUT2D eigenvalue weighted by Gasteiger charge is -2.29. The number of aliphatic hydroxyl groups is 1. The average Bonchev–Trinajstić information content (AvgIpc) is 2.62. The molecule has 5 heteroatoms. The standard InChI is InChI=1S/C14H25NO4/c1-18-12-5-3-2-4-11(13(12)16)15-14(17)10-6-8-19-9-7-10/h10-13,16H,2-9H2,1H3,(H,15,17)/t11-,12-,13-/m1/s1. The van der Waals surface area contributed by atoms with Crippen LogP contribution < -0.4 is 5.32 Å². The van der Waals surface area contributed by atoms with Gasteiger partial charge in [0.05, 0.1) is 12.1 Å². The van der Waals surface area contributed by atoms with Crippen LogP contribution in [0.15, 0.2) is 0 Å². The maximum Gasteiger partial charge on any atom is 0.223 e. The van der Waals surface area contributed by atoms with E-state index in [0.29, 0.717) is 13.2 Å². The molecular formula is C14H25NO4. The van der Waals surface area contributed by atoms with Crippen LogP contribution in [0.4, 0.5) is 0 Å². The molecule has 1 aliphatic heterocycles. The minimum atomic E-state index is -0.601. The number of carbonyl (C=O) groups is 1. The molecule has 110 valence electrons. The maximum atomic E-state index is 12.2. The van der Waals surface area contributed by atoms with Crippen molar-refractivity contribution < 1.29 is 19.4 Å². The molecule has 2 fully saturated rings. The summed E-state index contributed by atoms with van der Waals surface area (Å²) in [6, 6.07) is -0.178. The van der Waals surface area contributed by atoms with Crippen molar-refractivity contribution in [2.24, 2.45) is 5.92 Å². The van der Waals surface area contributed by atoms with Crippen molar-refractivity contribution in [3.63, 3.8) is 0 Å². The van der Waals surface area contributed by atoms with Crippen molar-refractivity contribution in [3.05, 3.63) is 0 Å². The van der Waals surface area contributed by atoms with Crippen LogP contribution in [0.1, 0.15) is 38.5 Å². The van der Waals surface area contributed by atoms with Crippen molar-refractivity contribution in [1.82, 2.24) is 5.32 Å². The number of ether oxygens (including phenoxy) is 2. The summed E-state index contributed by atoms with van der Waals surface area (Å²) < 4.78 is 10.6. The Morgan fingerprint density at radius 3 is 2.58 bits per heavy atom. The molecule has 0 aromatic rings. The quantitative estimate of drug-likeness (QED) is 0.747. The van der Waals surface area contributed by atoms with Gasteiger partial charge in [-0.1, -0.05) is 12.8 Å². The van der Waals surface area contributed by atoms with Crippen LogP contribution in [0.5, 0.6) is 0 Å².